The average Bonchev–Trinajstić information content (AvgIpc) is 2.46. The van der Waals surface area contributed by atoms with Crippen molar-refractivity contribution < 1.29 is 0 Å². The molecule has 0 amide bonds. The Labute approximate surface area is 126 Å². The smallest absolute Gasteiger partial charge is 0.163 e. The molecular formula is C16H23N5. The van der Waals surface area contributed by atoms with Gasteiger partial charge < -0.3 is 10.3 Å². The number of nitrogens with one attached hydrogen (secondary N) is 1. The van der Waals surface area contributed by atoms with Gasteiger partial charge in [0.15, 0.2) is 5.82 Å². The zero-order chi connectivity index (χ0) is 15.5. The molecule has 0 aliphatic heterocycles. The Hall–Kier alpha value is -2.14. The van der Waals surface area contributed by atoms with Crippen LogP contribution in [0.4, 0.5) is 11.6 Å². The fourth-order valence-electron chi connectivity index (χ4n) is 2.21. The number of hydrogen-bond acceptors (Lipinski definition) is 5. The quantitative estimate of drug-likeness (QED) is 0.668. The number of rotatable bonds is 4. The molecule has 0 saturated heterocycles. The third kappa shape index (κ3) is 4.16. The number of nitrogens with zero attached hydrogens (tertiary/aromatic N) is 3. The Morgan fingerprint density at radius 2 is 1.81 bits per heavy atom. The van der Waals surface area contributed by atoms with Gasteiger partial charge in [0, 0.05) is 25.2 Å². The summed E-state index contributed by atoms with van der Waals surface area (Å²) in [5.41, 5.74) is 3.77. The van der Waals surface area contributed by atoms with Crippen LogP contribution in [0.5, 0.6) is 0 Å². The van der Waals surface area contributed by atoms with Crippen molar-refractivity contribution in [2.24, 2.45) is 11.3 Å². The minimum Gasteiger partial charge on any atom is -0.359 e. The Bertz CT molecular complexity index is 589. The fourth-order valence-corrected chi connectivity index (χ4v) is 2.21. The van der Waals surface area contributed by atoms with Crippen LogP contribution in [0.3, 0.4) is 0 Å². The summed E-state index contributed by atoms with van der Waals surface area (Å²) >= 11 is 0. The van der Waals surface area contributed by atoms with Crippen molar-refractivity contribution in [3.63, 3.8) is 0 Å². The molecule has 0 bridgehead atoms. The summed E-state index contributed by atoms with van der Waals surface area (Å²) in [5.74, 6) is 7.67. The molecule has 0 aliphatic carbocycles. The monoisotopic (exact) mass is 285 g/mol. The number of anilines is 2. The van der Waals surface area contributed by atoms with Crippen molar-refractivity contribution >= 4 is 11.6 Å². The molecule has 5 heteroatoms. The van der Waals surface area contributed by atoms with Crippen LogP contribution in [0.2, 0.25) is 0 Å². The molecule has 1 heterocycles. The van der Waals surface area contributed by atoms with E-state index in [4.69, 9.17) is 5.84 Å². The second-order valence-electron chi connectivity index (χ2n) is 6.36. The molecule has 0 fully saturated rings. The van der Waals surface area contributed by atoms with Gasteiger partial charge in [0.2, 0.25) is 0 Å². The van der Waals surface area contributed by atoms with Crippen LogP contribution in [0.15, 0.2) is 36.4 Å². The highest BCUT2D eigenvalue weighted by molar-refractivity contribution is 5.61. The molecule has 5 nitrogen and oxygen atoms in total. The zero-order valence-corrected chi connectivity index (χ0v) is 13.1. The molecule has 0 aliphatic rings. The molecule has 1 aromatic heterocycles. The molecule has 112 valence electrons. The van der Waals surface area contributed by atoms with Gasteiger partial charge in [-0.3, -0.25) is 0 Å². The topological polar surface area (TPSA) is 67.1 Å². The van der Waals surface area contributed by atoms with Crippen molar-refractivity contribution in [2.75, 3.05) is 23.9 Å². The van der Waals surface area contributed by atoms with Crippen molar-refractivity contribution in [1.29, 1.82) is 0 Å². The Balaban J connectivity index is 2.39. The summed E-state index contributed by atoms with van der Waals surface area (Å²) in [6, 6.07) is 11.8. The Morgan fingerprint density at radius 1 is 1.14 bits per heavy atom. The van der Waals surface area contributed by atoms with E-state index >= 15 is 0 Å². The third-order valence-corrected chi connectivity index (χ3v) is 3.00. The standard InChI is InChI=1S/C16H23N5/c1-16(2,3)11-21(4)14-10-13(20-17)18-15(19-14)12-8-6-5-7-9-12/h5-10H,11,17H2,1-4H3,(H,18,19,20). The van der Waals surface area contributed by atoms with E-state index in [2.05, 4.69) is 41.1 Å². The van der Waals surface area contributed by atoms with E-state index in [0.717, 1.165) is 17.9 Å². The zero-order valence-electron chi connectivity index (χ0n) is 13.1. The summed E-state index contributed by atoms with van der Waals surface area (Å²) in [5, 5.41) is 0. The first-order valence-electron chi connectivity index (χ1n) is 7.01. The first-order valence-corrected chi connectivity index (χ1v) is 7.01. The summed E-state index contributed by atoms with van der Waals surface area (Å²) in [6.07, 6.45) is 0. The lowest BCUT2D eigenvalue weighted by Gasteiger charge is -2.27. The van der Waals surface area contributed by atoms with Crippen molar-refractivity contribution in [2.45, 2.75) is 20.8 Å². The van der Waals surface area contributed by atoms with Crippen molar-refractivity contribution in [1.82, 2.24) is 9.97 Å². The molecule has 0 saturated carbocycles. The molecule has 1 aromatic carbocycles. The van der Waals surface area contributed by atoms with Crippen LogP contribution in [0.25, 0.3) is 11.4 Å². The van der Waals surface area contributed by atoms with Crippen molar-refractivity contribution in [3.8, 4) is 11.4 Å². The van der Waals surface area contributed by atoms with E-state index in [9.17, 15) is 0 Å². The maximum atomic E-state index is 5.53. The van der Waals surface area contributed by atoms with Gasteiger partial charge in [0.05, 0.1) is 0 Å². The van der Waals surface area contributed by atoms with Gasteiger partial charge in [0.25, 0.3) is 0 Å². The molecule has 2 aromatic rings. The fraction of sp³-hybridized carbons (Fsp3) is 0.375. The maximum Gasteiger partial charge on any atom is 0.163 e. The highest BCUT2D eigenvalue weighted by atomic mass is 15.3. The number of hydrogen-bond donors (Lipinski definition) is 2. The number of nitrogen functional groups attached to an aromatic ring is 1. The lowest BCUT2D eigenvalue weighted by molar-refractivity contribution is 0.418. The van der Waals surface area contributed by atoms with Gasteiger partial charge in [-0.25, -0.2) is 15.8 Å². The van der Waals surface area contributed by atoms with Crippen LogP contribution in [0, 0.1) is 5.41 Å². The molecule has 0 atom stereocenters. The molecule has 0 unspecified atom stereocenters. The molecule has 2 rings (SSSR count). The lowest BCUT2D eigenvalue weighted by Crippen LogP contribution is -2.30. The summed E-state index contributed by atoms with van der Waals surface area (Å²) in [6.45, 7) is 7.49. The first kappa shape index (κ1) is 15.3. The second kappa shape index (κ2) is 6.10. The van der Waals surface area contributed by atoms with E-state index in [-0.39, 0.29) is 5.41 Å². The largest absolute Gasteiger partial charge is 0.359 e. The van der Waals surface area contributed by atoms with Crippen LogP contribution >= 0.6 is 0 Å². The van der Waals surface area contributed by atoms with E-state index in [0.29, 0.717) is 11.6 Å². The van der Waals surface area contributed by atoms with Crippen LogP contribution in [-0.2, 0) is 0 Å². The normalized spacial score (nSPS) is 11.3. The minimum absolute atomic E-state index is 0.183. The average molecular weight is 285 g/mol. The van der Waals surface area contributed by atoms with Crippen LogP contribution in [0.1, 0.15) is 20.8 Å². The van der Waals surface area contributed by atoms with Crippen LogP contribution < -0.4 is 16.2 Å². The van der Waals surface area contributed by atoms with E-state index in [1.165, 1.54) is 0 Å². The van der Waals surface area contributed by atoms with E-state index < -0.39 is 0 Å². The second-order valence-corrected chi connectivity index (χ2v) is 6.36. The predicted octanol–water partition coefficient (Wildman–Crippen LogP) is 2.91. The molecule has 3 N–H and O–H groups in total. The Kier molecular flexibility index (Phi) is 4.43. The molecule has 21 heavy (non-hydrogen) atoms. The number of nitrogens with two attached hydrogens (primary N) is 1. The molecule has 0 radical (unpaired) electrons. The number of hydrazine groups is 1. The number of benzene rings is 1. The van der Waals surface area contributed by atoms with Gasteiger partial charge in [-0.1, -0.05) is 51.1 Å². The van der Waals surface area contributed by atoms with Crippen LogP contribution in [-0.4, -0.2) is 23.6 Å². The van der Waals surface area contributed by atoms with Gasteiger partial charge in [-0.2, -0.15) is 0 Å². The van der Waals surface area contributed by atoms with Gasteiger partial charge in [0.1, 0.15) is 11.6 Å². The Morgan fingerprint density at radius 3 is 2.38 bits per heavy atom. The summed E-state index contributed by atoms with van der Waals surface area (Å²) in [4.78, 5) is 11.2. The lowest BCUT2D eigenvalue weighted by atomic mass is 9.96. The van der Waals surface area contributed by atoms with Crippen molar-refractivity contribution in [3.05, 3.63) is 36.4 Å². The summed E-state index contributed by atoms with van der Waals surface area (Å²) in [7, 11) is 2.03. The summed E-state index contributed by atoms with van der Waals surface area (Å²) < 4.78 is 0. The van der Waals surface area contributed by atoms with E-state index in [1.54, 1.807) is 0 Å². The number of aromatic nitrogens is 2. The van der Waals surface area contributed by atoms with Gasteiger partial charge in [-0.05, 0) is 5.41 Å². The molecule has 0 spiro atoms. The van der Waals surface area contributed by atoms with E-state index in [1.807, 2.05) is 43.4 Å². The predicted molar refractivity (Wildman–Crippen MR) is 88.0 cm³/mol. The van der Waals surface area contributed by atoms with Gasteiger partial charge in [-0.15, -0.1) is 0 Å². The first-order chi connectivity index (χ1) is 9.89. The highest BCUT2D eigenvalue weighted by Crippen LogP contribution is 2.24. The third-order valence-electron chi connectivity index (χ3n) is 3.00. The molecular weight excluding hydrogens is 262 g/mol. The highest BCUT2D eigenvalue weighted by Gasteiger charge is 2.16. The van der Waals surface area contributed by atoms with Gasteiger partial charge >= 0.3 is 0 Å². The minimum atomic E-state index is 0.183. The SMILES string of the molecule is CN(CC(C)(C)C)c1cc(NN)nc(-c2ccccc2)n1. The maximum absolute atomic E-state index is 5.53.